The average molecular weight is 379 g/mol. The number of anilines is 1. The summed E-state index contributed by atoms with van der Waals surface area (Å²) in [6, 6.07) is 3.78. The fraction of sp³-hybridized carbons (Fsp3) is 0.500. The molecule has 1 aliphatic heterocycles. The van der Waals surface area contributed by atoms with E-state index in [4.69, 9.17) is 0 Å². The molecule has 0 unspecified atom stereocenters. The first-order valence-electron chi connectivity index (χ1n) is 5.69. The number of hydrogen-bond donors (Lipinski definition) is 0. The van der Waals surface area contributed by atoms with Crippen molar-refractivity contribution in [3.05, 3.63) is 23.9 Å². The van der Waals surface area contributed by atoms with Gasteiger partial charge in [0.2, 0.25) is 0 Å². The summed E-state index contributed by atoms with van der Waals surface area (Å²) in [7, 11) is 2.13. The minimum Gasteiger partial charge on any atom is -0.354 e. The number of aromatic nitrogens is 1. The molecule has 0 amide bonds. The van der Waals surface area contributed by atoms with E-state index < -0.39 is 0 Å². The van der Waals surface area contributed by atoms with E-state index in [9.17, 15) is 4.79 Å². The molecule has 0 N–H and O–H groups in total. The number of pyridine rings is 1. The zero-order chi connectivity index (χ0) is 12.3. The third-order valence-electron chi connectivity index (χ3n) is 3.02. The smallest absolute Gasteiger partial charge is 0.174 e. The number of piperazine rings is 1. The van der Waals surface area contributed by atoms with Crippen molar-refractivity contribution in [2.24, 2.45) is 0 Å². The lowest BCUT2D eigenvalue weighted by Gasteiger charge is -2.33. The van der Waals surface area contributed by atoms with Crippen LogP contribution in [0.2, 0.25) is 0 Å². The molecule has 1 aromatic rings. The van der Waals surface area contributed by atoms with E-state index in [1.807, 2.05) is 12.1 Å². The lowest BCUT2D eigenvalue weighted by atomic mass is 10.2. The molecule has 18 heavy (non-hydrogen) atoms. The molecule has 1 aliphatic rings. The van der Waals surface area contributed by atoms with E-state index in [2.05, 4.69) is 37.8 Å². The van der Waals surface area contributed by atoms with Crippen LogP contribution < -0.4 is 4.90 Å². The van der Waals surface area contributed by atoms with Crippen molar-refractivity contribution in [3.8, 4) is 0 Å². The van der Waals surface area contributed by atoms with E-state index in [-0.39, 0.29) is 22.8 Å². The summed E-state index contributed by atoms with van der Waals surface area (Å²) in [6.45, 7) is 4.11. The van der Waals surface area contributed by atoms with Gasteiger partial charge in [0.1, 0.15) is 5.82 Å². The Bertz CT molecular complexity index is 389. The Labute approximate surface area is 126 Å². The van der Waals surface area contributed by atoms with Gasteiger partial charge in [0.25, 0.3) is 0 Å². The van der Waals surface area contributed by atoms with Crippen molar-refractivity contribution in [1.82, 2.24) is 9.88 Å². The SMILES string of the molecule is Br.CN1CCN(c2ccc(C(=O)CBr)cn2)CC1. The summed E-state index contributed by atoms with van der Waals surface area (Å²) in [5.74, 6) is 1.03. The summed E-state index contributed by atoms with van der Waals surface area (Å²) >= 11 is 3.16. The van der Waals surface area contributed by atoms with Crippen molar-refractivity contribution >= 4 is 44.5 Å². The maximum Gasteiger partial charge on any atom is 0.174 e. The first-order valence-corrected chi connectivity index (χ1v) is 6.81. The Morgan fingerprint density at radius 2 is 2.00 bits per heavy atom. The molecule has 2 rings (SSSR count). The molecule has 0 spiro atoms. The minimum atomic E-state index is 0. The predicted molar refractivity (Wildman–Crippen MR) is 82.4 cm³/mol. The monoisotopic (exact) mass is 377 g/mol. The maximum absolute atomic E-state index is 11.4. The number of likely N-dealkylation sites (N-methyl/N-ethyl adjacent to an activating group) is 1. The fourth-order valence-electron chi connectivity index (χ4n) is 1.85. The second kappa shape index (κ2) is 7.21. The van der Waals surface area contributed by atoms with Crippen molar-refractivity contribution in [1.29, 1.82) is 0 Å². The van der Waals surface area contributed by atoms with E-state index in [1.54, 1.807) is 6.20 Å². The number of alkyl halides is 1. The lowest BCUT2D eigenvalue weighted by Crippen LogP contribution is -2.44. The highest BCUT2D eigenvalue weighted by Crippen LogP contribution is 2.14. The first kappa shape index (κ1) is 15.6. The maximum atomic E-state index is 11.4. The molecule has 1 aromatic heterocycles. The first-order chi connectivity index (χ1) is 8.20. The number of carbonyl (C=O) groups is 1. The summed E-state index contributed by atoms with van der Waals surface area (Å²) in [4.78, 5) is 20.4. The summed E-state index contributed by atoms with van der Waals surface area (Å²) in [5, 5.41) is 0.350. The van der Waals surface area contributed by atoms with E-state index >= 15 is 0 Å². The van der Waals surface area contributed by atoms with E-state index in [0.29, 0.717) is 10.9 Å². The number of rotatable bonds is 3. The Morgan fingerprint density at radius 1 is 1.33 bits per heavy atom. The molecule has 0 atom stereocenters. The van der Waals surface area contributed by atoms with Gasteiger partial charge in [-0.3, -0.25) is 4.79 Å². The number of hydrogen-bond acceptors (Lipinski definition) is 4. The Hall–Kier alpha value is -0.460. The zero-order valence-corrected chi connectivity index (χ0v) is 13.6. The van der Waals surface area contributed by atoms with Gasteiger partial charge >= 0.3 is 0 Å². The standard InChI is InChI=1S/C12H16BrN3O.BrH/c1-15-4-6-16(7-5-15)12-3-2-10(9-14-12)11(17)8-13;/h2-3,9H,4-8H2,1H3;1H. The van der Waals surface area contributed by atoms with Gasteiger partial charge in [-0.15, -0.1) is 17.0 Å². The minimum absolute atomic E-state index is 0. The average Bonchev–Trinajstić information content (AvgIpc) is 2.39. The normalized spacial score (nSPS) is 16.2. The lowest BCUT2D eigenvalue weighted by molar-refractivity contribution is 0.102. The van der Waals surface area contributed by atoms with Gasteiger partial charge in [-0.05, 0) is 19.2 Å². The number of Topliss-reactive ketones (excluding diaryl/α,β-unsaturated/α-hetero) is 1. The predicted octanol–water partition coefficient (Wildman–Crippen LogP) is 1.99. The van der Waals surface area contributed by atoms with Gasteiger partial charge in [0, 0.05) is 37.9 Å². The van der Waals surface area contributed by atoms with Crippen LogP contribution in [0.5, 0.6) is 0 Å². The van der Waals surface area contributed by atoms with E-state index in [0.717, 1.165) is 32.0 Å². The summed E-state index contributed by atoms with van der Waals surface area (Å²) in [5.41, 5.74) is 0.666. The Morgan fingerprint density at radius 3 is 2.50 bits per heavy atom. The van der Waals surface area contributed by atoms with Crippen LogP contribution in [0.3, 0.4) is 0 Å². The van der Waals surface area contributed by atoms with Gasteiger partial charge < -0.3 is 9.80 Å². The van der Waals surface area contributed by atoms with Crippen LogP contribution in [-0.2, 0) is 0 Å². The molecule has 1 saturated heterocycles. The van der Waals surface area contributed by atoms with Crippen LogP contribution in [0.4, 0.5) is 5.82 Å². The van der Waals surface area contributed by atoms with Crippen LogP contribution in [0.15, 0.2) is 18.3 Å². The molecule has 0 aliphatic carbocycles. The largest absolute Gasteiger partial charge is 0.354 e. The third kappa shape index (κ3) is 3.76. The number of carbonyl (C=O) groups excluding carboxylic acids is 1. The fourth-order valence-corrected chi connectivity index (χ4v) is 2.17. The van der Waals surface area contributed by atoms with Crippen molar-refractivity contribution in [2.45, 2.75) is 0 Å². The van der Waals surface area contributed by atoms with Gasteiger partial charge in [-0.1, -0.05) is 15.9 Å². The topological polar surface area (TPSA) is 36.4 Å². The molecule has 100 valence electrons. The molecule has 4 nitrogen and oxygen atoms in total. The van der Waals surface area contributed by atoms with Crippen LogP contribution in [0.1, 0.15) is 10.4 Å². The van der Waals surface area contributed by atoms with Crippen LogP contribution in [0.25, 0.3) is 0 Å². The highest BCUT2D eigenvalue weighted by Gasteiger charge is 2.15. The molecule has 1 fully saturated rings. The van der Waals surface area contributed by atoms with Crippen LogP contribution >= 0.6 is 32.9 Å². The van der Waals surface area contributed by atoms with Crippen molar-refractivity contribution in [3.63, 3.8) is 0 Å². The van der Waals surface area contributed by atoms with E-state index in [1.165, 1.54) is 0 Å². The van der Waals surface area contributed by atoms with Crippen LogP contribution in [-0.4, -0.2) is 54.2 Å². The van der Waals surface area contributed by atoms with Gasteiger partial charge in [-0.2, -0.15) is 0 Å². The molecule has 0 aromatic carbocycles. The molecular formula is C12H17Br2N3O. The van der Waals surface area contributed by atoms with Crippen molar-refractivity contribution in [2.75, 3.05) is 43.5 Å². The second-order valence-corrected chi connectivity index (χ2v) is 4.81. The van der Waals surface area contributed by atoms with Gasteiger partial charge in [-0.25, -0.2) is 4.98 Å². The highest BCUT2D eigenvalue weighted by atomic mass is 79.9. The Balaban J connectivity index is 0.00000162. The number of halogens is 2. The Kier molecular flexibility index (Phi) is 6.25. The highest BCUT2D eigenvalue weighted by molar-refractivity contribution is 9.09. The molecular weight excluding hydrogens is 362 g/mol. The third-order valence-corrected chi connectivity index (χ3v) is 3.53. The second-order valence-electron chi connectivity index (χ2n) is 4.25. The number of ketones is 1. The summed E-state index contributed by atoms with van der Waals surface area (Å²) in [6.07, 6.45) is 1.66. The molecule has 0 bridgehead atoms. The molecule has 2 heterocycles. The zero-order valence-electron chi connectivity index (χ0n) is 10.3. The van der Waals surface area contributed by atoms with Gasteiger partial charge in [0.05, 0.1) is 5.33 Å². The summed E-state index contributed by atoms with van der Waals surface area (Å²) < 4.78 is 0. The molecule has 6 heteroatoms. The quantitative estimate of drug-likeness (QED) is 0.595. The molecule has 0 saturated carbocycles. The molecule has 0 radical (unpaired) electrons. The van der Waals surface area contributed by atoms with Crippen molar-refractivity contribution < 1.29 is 4.79 Å². The van der Waals surface area contributed by atoms with Gasteiger partial charge in [0.15, 0.2) is 5.78 Å². The van der Waals surface area contributed by atoms with Crippen LogP contribution in [0, 0.1) is 0 Å². The number of nitrogens with zero attached hydrogens (tertiary/aromatic N) is 3.